The molecule has 0 radical (unpaired) electrons. The van der Waals surface area contributed by atoms with Crippen molar-refractivity contribution in [3.8, 4) is 11.6 Å². The largest absolute Gasteiger partial charge is 0.453 e. The topological polar surface area (TPSA) is 73.0 Å². The molecule has 8 heteroatoms. The van der Waals surface area contributed by atoms with Crippen LogP contribution in [0.1, 0.15) is 6.92 Å². The van der Waals surface area contributed by atoms with Crippen molar-refractivity contribution < 1.29 is 13.6 Å². The fourth-order valence-corrected chi connectivity index (χ4v) is 3.62. The molecule has 28 heavy (non-hydrogen) atoms. The Morgan fingerprint density at radius 1 is 1.18 bits per heavy atom. The SMILES string of the molecule is CCn1c(SCC(=O)Nc2ccc(F)cc2)nnc1-c1cc2ccccc2o1. The first-order valence-corrected chi connectivity index (χ1v) is 9.73. The fraction of sp³-hybridized carbons (Fsp3) is 0.150. The number of carbonyl (C=O) groups is 1. The summed E-state index contributed by atoms with van der Waals surface area (Å²) in [5.41, 5.74) is 1.34. The number of para-hydroxylation sites is 1. The molecule has 4 rings (SSSR count). The normalized spacial score (nSPS) is 11.1. The molecule has 1 amide bonds. The zero-order valence-electron chi connectivity index (χ0n) is 15.1. The molecule has 2 aromatic carbocycles. The third-order valence-electron chi connectivity index (χ3n) is 4.14. The number of nitrogens with one attached hydrogen (secondary N) is 1. The second-order valence-corrected chi connectivity index (χ2v) is 6.99. The van der Waals surface area contributed by atoms with Gasteiger partial charge in [0.2, 0.25) is 11.7 Å². The number of fused-ring (bicyclic) bond motifs is 1. The zero-order valence-corrected chi connectivity index (χ0v) is 15.9. The Labute approximate surface area is 164 Å². The monoisotopic (exact) mass is 396 g/mol. The van der Waals surface area contributed by atoms with Gasteiger partial charge < -0.3 is 9.73 Å². The minimum atomic E-state index is -0.346. The molecule has 4 aromatic rings. The van der Waals surface area contributed by atoms with Crippen LogP contribution < -0.4 is 5.32 Å². The molecule has 0 spiro atoms. The van der Waals surface area contributed by atoms with E-state index in [1.807, 2.05) is 41.8 Å². The van der Waals surface area contributed by atoms with E-state index in [2.05, 4.69) is 15.5 Å². The quantitative estimate of drug-likeness (QED) is 0.483. The summed E-state index contributed by atoms with van der Waals surface area (Å²) in [4.78, 5) is 12.2. The summed E-state index contributed by atoms with van der Waals surface area (Å²) in [5, 5.41) is 12.8. The summed E-state index contributed by atoms with van der Waals surface area (Å²) in [6.07, 6.45) is 0. The smallest absolute Gasteiger partial charge is 0.234 e. The van der Waals surface area contributed by atoms with Gasteiger partial charge in [-0.3, -0.25) is 9.36 Å². The van der Waals surface area contributed by atoms with Crippen LogP contribution in [0.5, 0.6) is 0 Å². The van der Waals surface area contributed by atoms with E-state index < -0.39 is 0 Å². The number of anilines is 1. The first-order valence-electron chi connectivity index (χ1n) is 8.74. The molecule has 0 fully saturated rings. The molecule has 0 unspecified atom stereocenters. The highest BCUT2D eigenvalue weighted by Gasteiger charge is 2.17. The van der Waals surface area contributed by atoms with Gasteiger partial charge >= 0.3 is 0 Å². The molecule has 0 bridgehead atoms. The third kappa shape index (κ3) is 3.77. The molecule has 1 N–H and O–H groups in total. The van der Waals surface area contributed by atoms with Crippen molar-refractivity contribution in [3.63, 3.8) is 0 Å². The fourth-order valence-electron chi connectivity index (χ4n) is 2.82. The summed E-state index contributed by atoms with van der Waals surface area (Å²) >= 11 is 1.29. The van der Waals surface area contributed by atoms with Gasteiger partial charge in [0.15, 0.2) is 10.9 Å². The summed E-state index contributed by atoms with van der Waals surface area (Å²) in [5.74, 6) is 0.878. The van der Waals surface area contributed by atoms with Crippen molar-refractivity contribution in [3.05, 3.63) is 60.4 Å². The van der Waals surface area contributed by atoms with Crippen LogP contribution in [0.15, 0.2) is 64.2 Å². The lowest BCUT2D eigenvalue weighted by molar-refractivity contribution is -0.113. The maximum absolute atomic E-state index is 12.9. The number of amides is 1. The highest BCUT2D eigenvalue weighted by Crippen LogP contribution is 2.29. The van der Waals surface area contributed by atoms with E-state index in [1.165, 1.54) is 36.0 Å². The maximum atomic E-state index is 12.9. The van der Waals surface area contributed by atoms with E-state index in [0.717, 1.165) is 11.0 Å². The highest BCUT2D eigenvalue weighted by atomic mass is 32.2. The molecule has 2 heterocycles. The van der Waals surface area contributed by atoms with Crippen molar-refractivity contribution in [2.45, 2.75) is 18.6 Å². The number of thioether (sulfide) groups is 1. The number of halogens is 1. The van der Waals surface area contributed by atoms with Crippen molar-refractivity contribution in [2.24, 2.45) is 0 Å². The van der Waals surface area contributed by atoms with Gasteiger partial charge in [-0.15, -0.1) is 10.2 Å². The van der Waals surface area contributed by atoms with Gasteiger partial charge in [-0.2, -0.15) is 0 Å². The van der Waals surface area contributed by atoms with Gasteiger partial charge in [-0.25, -0.2) is 4.39 Å². The Morgan fingerprint density at radius 2 is 1.96 bits per heavy atom. The average Bonchev–Trinajstić information content (AvgIpc) is 3.31. The number of nitrogens with zero attached hydrogens (tertiary/aromatic N) is 3. The van der Waals surface area contributed by atoms with Crippen LogP contribution in [0.4, 0.5) is 10.1 Å². The van der Waals surface area contributed by atoms with Crippen LogP contribution in [-0.2, 0) is 11.3 Å². The molecular formula is C20H17FN4O2S. The Morgan fingerprint density at radius 3 is 2.71 bits per heavy atom. The second-order valence-electron chi connectivity index (χ2n) is 6.04. The van der Waals surface area contributed by atoms with E-state index in [4.69, 9.17) is 4.42 Å². The number of aromatic nitrogens is 3. The number of furan rings is 1. The average molecular weight is 396 g/mol. The van der Waals surface area contributed by atoms with Crippen LogP contribution in [0.2, 0.25) is 0 Å². The molecule has 0 aliphatic carbocycles. The van der Waals surface area contributed by atoms with Crippen LogP contribution in [-0.4, -0.2) is 26.4 Å². The molecule has 0 saturated carbocycles. The van der Waals surface area contributed by atoms with Crippen molar-refractivity contribution in [1.82, 2.24) is 14.8 Å². The molecular weight excluding hydrogens is 379 g/mol. The molecule has 0 atom stereocenters. The minimum Gasteiger partial charge on any atom is -0.453 e. The van der Waals surface area contributed by atoms with Gasteiger partial charge in [0.05, 0.1) is 5.75 Å². The van der Waals surface area contributed by atoms with Crippen molar-refractivity contribution in [2.75, 3.05) is 11.1 Å². The van der Waals surface area contributed by atoms with Crippen molar-refractivity contribution in [1.29, 1.82) is 0 Å². The molecule has 6 nitrogen and oxygen atoms in total. The molecule has 0 aliphatic heterocycles. The van der Waals surface area contributed by atoms with Gasteiger partial charge in [0, 0.05) is 17.6 Å². The lowest BCUT2D eigenvalue weighted by Gasteiger charge is -2.07. The van der Waals surface area contributed by atoms with E-state index >= 15 is 0 Å². The molecule has 0 saturated heterocycles. The number of rotatable bonds is 6. The molecule has 0 aliphatic rings. The van der Waals surface area contributed by atoms with Crippen LogP contribution in [0.3, 0.4) is 0 Å². The second kappa shape index (κ2) is 7.85. The highest BCUT2D eigenvalue weighted by molar-refractivity contribution is 7.99. The van der Waals surface area contributed by atoms with Gasteiger partial charge in [-0.05, 0) is 43.3 Å². The van der Waals surface area contributed by atoms with E-state index in [-0.39, 0.29) is 17.5 Å². The molecule has 2 aromatic heterocycles. The minimum absolute atomic E-state index is 0.162. The number of carbonyl (C=O) groups excluding carboxylic acids is 1. The Kier molecular flexibility index (Phi) is 5.12. The summed E-state index contributed by atoms with van der Waals surface area (Å²) < 4.78 is 20.7. The van der Waals surface area contributed by atoms with E-state index in [9.17, 15) is 9.18 Å². The van der Waals surface area contributed by atoms with Gasteiger partial charge in [0.25, 0.3) is 0 Å². The maximum Gasteiger partial charge on any atom is 0.234 e. The standard InChI is InChI=1S/C20H17FN4O2S/c1-2-25-19(17-11-13-5-3-4-6-16(13)27-17)23-24-20(25)28-12-18(26)22-15-9-7-14(21)8-10-15/h3-11H,2,12H2,1H3,(H,22,26). The Balaban J connectivity index is 1.48. The van der Waals surface area contributed by atoms with E-state index in [0.29, 0.717) is 29.0 Å². The lowest BCUT2D eigenvalue weighted by Crippen LogP contribution is -2.14. The number of benzene rings is 2. The molecule has 142 valence electrons. The zero-order chi connectivity index (χ0) is 19.5. The number of hydrogen-bond acceptors (Lipinski definition) is 5. The van der Waals surface area contributed by atoms with Crippen molar-refractivity contribution >= 4 is 34.3 Å². The summed E-state index contributed by atoms with van der Waals surface area (Å²) in [6, 6.07) is 15.3. The summed E-state index contributed by atoms with van der Waals surface area (Å²) in [6.45, 7) is 2.62. The predicted octanol–water partition coefficient (Wildman–Crippen LogP) is 4.58. The van der Waals surface area contributed by atoms with Crippen LogP contribution >= 0.6 is 11.8 Å². The first-order chi connectivity index (χ1) is 13.6. The van der Waals surface area contributed by atoms with Crippen LogP contribution in [0.25, 0.3) is 22.6 Å². The van der Waals surface area contributed by atoms with E-state index in [1.54, 1.807) is 0 Å². The van der Waals surface area contributed by atoms with Gasteiger partial charge in [0.1, 0.15) is 11.4 Å². The first kappa shape index (κ1) is 18.2. The lowest BCUT2D eigenvalue weighted by atomic mass is 10.2. The number of hydrogen-bond donors (Lipinski definition) is 1. The Bertz CT molecular complexity index is 1090. The van der Waals surface area contributed by atoms with Gasteiger partial charge in [-0.1, -0.05) is 30.0 Å². The predicted molar refractivity (Wildman–Crippen MR) is 107 cm³/mol. The third-order valence-corrected chi connectivity index (χ3v) is 5.11. The summed E-state index contributed by atoms with van der Waals surface area (Å²) in [7, 11) is 0. The van der Waals surface area contributed by atoms with Crippen LogP contribution in [0, 0.1) is 5.82 Å². The Hall–Kier alpha value is -3.13.